The molecule has 0 bridgehead atoms. The first-order chi connectivity index (χ1) is 14.4. The van der Waals surface area contributed by atoms with Crippen LogP contribution >= 0.6 is 0 Å². The van der Waals surface area contributed by atoms with E-state index in [9.17, 15) is 10.1 Å². The van der Waals surface area contributed by atoms with Crippen molar-refractivity contribution in [1.82, 2.24) is 19.4 Å². The summed E-state index contributed by atoms with van der Waals surface area (Å²) < 4.78 is 1.86. The predicted molar refractivity (Wildman–Crippen MR) is 117 cm³/mol. The highest BCUT2D eigenvalue weighted by atomic mass is 16.1. The maximum Gasteiger partial charge on any atom is 0.234 e. The molecule has 1 aliphatic rings. The lowest BCUT2D eigenvalue weighted by Crippen LogP contribution is -2.31. The maximum absolute atomic E-state index is 12.8. The van der Waals surface area contributed by atoms with Crippen LogP contribution in [0.15, 0.2) is 30.5 Å². The van der Waals surface area contributed by atoms with Gasteiger partial charge >= 0.3 is 0 Å². The number of likely N-dealkylation sites (tertiary alicyclic amines) is 1. The van der Waals surface area contributed by atoms with Gasteiger partial charge in [0.05, 0.1) is 12.2 Å². The van der Waals surface area contributed by atoms with Crippen LogP contribution in [0.25, 0.3) is 22.3 Å². The molecule has 1 saturated heterocycles. The Morgan fingerprint density at radius 3 is 2.63 bits per heavy atom. The van der Waals surface area contributed by atoms with Crippen LogP contribution in [0, 0.1) is 31.1 Å². The van der Waals surface area contributed by atoms with E-state index in [-0.39, 0.29) is 18.2 Å². The first-order valence-electron chi connectivity index (χ1n) is 10.5. The minimum absolute atomic E-state index is 0.124. The molecule has 0 unspecified atom stereocenters. The second kappa shape index (κ2) is 8.37. The van der Waals surface area contributed by atoms with Crippen LogP contribution in [0.4, 0.5) is 0 Å². The van der Waals surface area contributed by atoms with Gasteiger partial charge in [0.25, 0.3) is 0 Å². The molecule has 1 fully saturated rings. The molecule has 0 spiro atoms. The van der Waals surface area contributed by atoms with Gasteiger partial charge < -0.3 is 9.47 Å². The summed E-state index contributed by atoms with van der Waals surface area (Å²) in [5, 5.41) is 10.3. The smallest absolute Gasteiger partial charge is 0.234 e. The number of carbonyl (C=O) groups is 1. The van der Waals surface area contributed by atoms with E-state index in [1.807, 2.05) is 22.9 Å². The molecule has 1 aliphatic heterocycles. The van der Waals surface area contributed by atoms with Gasteiger partial charge in [0.15, 0.2) is 5.78 Å². The molecule has 154 valence electrons. The fourth-order valence-electron chi connectivity index (χ4n) is 4.19. The minimum atomic E-state index is 0.124. The van der Waals surface area contributed by atoms with E-state index in [1.165, 1.54) is 11.1 Å². The highest BCUT2D eigenvalue weighted by Crippen LogP contribution is 2.29. The Bertz CT molecular complexity index is 1130. The second-order valence-electron chi connectivity index (χ2n) is 8.48. The lowest BCUT2D eigenvalue weighted by Gasteiger charge is -2.28. The topological polar surface area (TPSA) is 74.8 Å². The molecule has 4 rings (SSSR count). The van der Waals surface area contributed by atoms with Crippen LogP contribution in [0.5, 0.6) is 0 Å². The number of ketones is 1. The Balaban J connectivity index is 1.63. The molecule has 2 aromatic heterocycles. The Morgan fingerprint density at radius 2 is 1.93 bits per heavy atom. The van der Waals surface area contributed by atoms with Gasteiger partial charge in [0.2, 0.25) is 5.82 Å². The highest BCUT2D eigenvalue weighted by molar-refractivity contribution is 5.92. The van der Waals surface area contributed by atoms with Gasteiger partial charge in [0, 0.05) is 23.6 Å². The summed E-state index contributed by atoms with van der Waals surface area (Å²) in [7, 11) is 2.13. The monoisotopic (exact) mass is 401 g/mol. The zero-order chi connectivity index (χ0) is 21.3. The number of piperidine rings is 1. The van der Waals surface area contributed by atoms with Crippen molar-refractivity contribution in [2.45, 2.75) is 39.7 Å². The molecule has 0 aliphatic carbocycles. The van der Waals surface area contributed by atoms with E-state index in [2.05, 4.69) is 54.0 Å². The van der Waals surface area contributed by atoms with E-state index in [1.54, 1.807) is 0 Å². The minimum Gasteiger partial charge on any atom is -0.325 e. The number of aromatic nitrogens is 3. The molecule has 30 heavy (non-hydrogen) atoms. The summed E-state index contributed by atoms with van der Waals surface area (Å²) in [6.07, 6.45) is 4.64. The Morgan fingerprint density at radius 1 is 1.17 bits per heavy atom. The van der Waals surface area contributed by atoms with Crippen molar-refractivity contribution >= 4 is 16.8 Å². The van der Waals surface area contributed by atoms with E-state index in [0.717, 1.165) is 42.6 Å². The summed E-state index contributed by atoms with van der Waals surface area (Å²) in [6, 6.07) is 10.2. The summed E-state index contributed by atoms with van der Waals surface area (Å²) in [6.45, 7) is 6.53. The largest absolute Gasteiger partial charge is 0.325 e. The van der Waals surface area contributed by atoms with Gasteiger partial charge in [-0.1, -0.05) is 12.1 Å². The quantitative estimate of drug-likeness (QED) is 0.648. The Labute approximate surface area is 177 Å². The average molecular weight is 402 g/mol. The Kier molecular flexibility index (Phi) is 5.65. The van der Waals surface area contributed by atoms with E-state index in [4.69, 9.17) is 0 Å². The average Bonchev–Trinajstić information content (AvgIpc) is 3.13. The number of rotatable bonds is 5. The molecule has 0 atom stereocenters. The number of benzene rings is 1. The van der Waals surface area contributed by atoms with Crippen LogP contribution in [0.1, 0.15) is 36.2 Å². The van der Waals surface area contributed by atoms with Crippen molar-refractivity contribution < 1.29 is 4.79 Å². The van der Waals surface area contributed by atoms with Crippen LogP contribution in [-0.2, 0) is 11.3 Å². The molecule has 1 aromatic carbocycles. The molecule has 0 radical (unpaired) electrons. The van der Waals surface area contributed by atoms with Crippen LogP contribution in [-0.4, -0.2) is 45.4 Å². The van der Waals surface area contributed by atoms with Crippen molar-refractivity contribution in [1.29, 1.82) is 5.26 Å². The van der Waals surface area contributed by atoms with E-state index >= 15 is 0 Å². The predicted octanol–water partition coefficient (Wildman–Crippen LogP) is 3.89. The fraction of sp³-hybridized carbons (Fsp3) is 0.417. The lowest BCUT2D eigenvalue weighted by molar-refractivity contribution is -0.120. The van der Waals surface area contributed by atoms with Crippen LogP contribution in [0.2, 0.25) is 0 Å². The number of hydrogen-bond donors (Lipinski definition) is 0. The zero-order valence-corrected chi connectivity index (χ0v) is 17.9. The number of fused-ring (bicyclic) bond motifs is 1. The molecule has 0 saturated carbocycles. The molecular formula is C24H27N5O. The molecule has 0 N–H and O–H groups in total. The molecule has 3 aromatic rings. The van der Waals surface area contributed by atoms with Gasteiger partial charge in [-0.25, -0.2) is 9.97 Å². The summed E-state index contributed by atoms with van der Waals surface area (Å²) >= 11 is 0. The number of Topliss-reactive ketones (excluding diaryl/α,β-unsaturated/α-hetero) is 1. The highest BCUT2D eigenvalue weighted by Gasteiger charge is 2.21. The van der Waals surface area contributed by atoms with Crippen molar-refractivity contribution in [2.75, 3.05) is 20.1 Å². The maximum atomic E-state index is 12.8. The molecular weight excluding hydrogens is 374 g/mol. The first kappa shape index (κ1) is 20.2. The third kappa shape index (κ3) is 4.12. The second-order valence-corrected chi connectivity index (χ2v) is 8.48. The lowest BCUT2D eigenvalue weighted by atomic mass is 9.92. The molecule has 3 heterocycles. The van der Waals surface area contributed by atoms with Gasteiger partial charge in [-0.2, -0.15) is 5.26 Å². The normalized spacial score (nSPS) is 15.4. The van der Waals surface area contributed by atoms with Crippen molar-refractivity contribution in [3.05, 3.63) is 47.4 Å². The van der Waals surface area contributed by atoms with Gasteiger partial charge in [-0.05, 0) is 76.0 Å². The van der Waals surface area contributed by atoms with Gasteiger partial charge in [0.1, 0.15) is 11.7 Å². The van der Waals surface area contributed by atoms with Crippen molar-refractivity contribution in [2.24, 2.45) is 5.92 Å². The summed E-state index contributed by atoms with van der Waals surface area (Å²) in [5.74, 6) is 0.802. The zero-order valence-electron chi connectivity index (χ0n) is 17.9. The van der Waals surface area contributed by atoms with Crippen LogP contribution < -0.4 is 0 Å². The van der Waals surface area contributed by atoms with E-state index < -0.39 is 0 Å². The summed E-state index contributed by atoms with van der Waals surface area (Å²) in [5.41, 5.74) is 4.72. The first-order valence-corrected chi connectivity index (χ1v) is 10.5. The van der Waals surface area contributed by atoms with Crippen molar-refractivity contribution in [3.63, 3.8) is 0 Å². The third-order valence-electron chi connectivity index (χ3n) is 6.20. The van der Waals surface area contributed by atoms with Gasteiger partial charge in [-0.3, -0.25) is 4.79 Å². The SMILES string of the molecule is Cc1ccc(-c2nc(C#N)nc3c2ccn3CC(=O)CC2CCN(C)CC2)cc1C. The van der Waals surface area contributed by atoms with Crippen LogP contribution in [0.3, 0.4) is 0 Å². The fourth-order valence-corrected chi connectivity index (χ4v) is 4.19. The number of aryl methyl sites for hydroxylation is 2. The van der Waals surface area contributed by atoms with E-state index in [0.29, 0.717) is 18.0 Å². The molecule has 6 nitrogen and oxygen atoms in total. The summed E-state index contributed by atoms with van der Waals surface area (Å²) in [4.78, 5) is 24.0. The number of nitrogens with zero attached hydrogens (tertiary/aromatic N) is 5. The standard InChI is InChI=1S/C24H27N5O/c1-16-4-5-19(12-17(16)2)23-21-8-11-29(24(21)27-22(14-25)26-23)15-20(30)13-18-6-9-28(3)10-7-18/h4-5,8,11-12,18H,6-7,9-10,13,15H2,1-3H3. The van der Waals surface area contributed by atoms with Crippen molar-refractivity contribution in [3.8, 4) is 17.3 Å². The third-order valence-corrected chi connectivity index (χ3v) is 6.20. The number of nitriles is 1. The molecule has 6 heteroatoms. The molecule has 0 amide bonds. The number of hydrogen-bond acceptors (Lipinski definition) is 5. The van der Waals surface area contributed by atoms with Gasteiger partial charge in [-0.15, -0.1) is 0 Å². The number of carbonyl (C=O) groups excluding carboxylic acids is 1. The Hall–Kier alpha value is -3.04.